The van der Waals surface area contributed by atoms with Gasteiger partial charge >= 0.3 is 5.97 Å². The second-order valence-electron chi connectivity index (χ2n) is 6.44. The number of amides is 2. The molecule has 2 aliphatic heterocycles. The number of thioether (sulfide) groups is 2. The molecule has 158 valence electrons. The highest BCUT2D eigenvalue weighted by molar-refractivity contribution is 8.01. The van der Waals surface area contributed by atoms with Crippen molar-refractivity contribution in [2.24, 2.45) is 7.05 Å². The third kappa shape index (κ3) is 3.87. The van der Waals surface area contributed by atoms with Crippen molar-refractivity contribution in [2.45, 2.75) is 23.0 Å². The van der Waals surface area contributed by atoms with Gasteiger partial charge in [-0.3, -0.25) is 14.5 Å². The molecule has 4 rings (SSSR count). The minimum Gasteiger partial charge on any atom is -0.477 e. The Morgan fingerprint density at radius 1 is 1.47 bits per heavy atom. The Bertz CT molecular complexity index is 1050. The number of aromatic nitrogens is 5. The molecule has 15 heteroatoms. The van der Waals surface area contributed by atoms with Gasteiger partial charge in [0, 0.05) is 23.9 Å². The zero-order valence-corrected chi connectivity index (χ0v) is 18.0. The lowest BCUT2D eigenvalue weighted by Gasteiger charge is -2.49. The summed E-state index contributed by atoms with van der Waals surface area (Å²) in [5, 5.41) is 25.7. The Morgan fingerprint density at radius 2 is 2.27 bits per heavy atom. The van der Waals surface area contributed by atoms with Crippen molar-refractivity contribution in [3.8, 4) is 0 Å². The van der Waals surface area contributed by atoms with Crippen molar-refractivity contribution in [3.05, 3.63) is 22.3 Å². The number of carbonyl (C=O) groups is 3. The van der Waals surface area contributed by atoms with Crippen LogP contribution in [0, 0.1) is 0 Å². The molecule has 2 amide bonds. The zero-order chi connectivity index (χ0) is 21.4. The fraction of sp³-hybridized carbons (Fsp3) is 0.400. The van der Waals surface area contributed by atoms with Crippen LogP contribution in [0.25, 0.3) is 0 Å². The fourth-order valence-electron chi connectivity index (χ4n) is 3.08. The Balaban J connectivity index is 1.44. The Kier molecular flexibility index (Phi) is 5.66. The summed E-state index contributed by atoms with van der Waals surface area (Å²) in [6.07, 6.45) is 0.00409. The molecule has 30 heavy (non-hydrogen) atoms. The molecule has 0 radical (unpaired) electrons. The largest absolute Gasteiger partial charge is 0.477 e. The molecule has 4 heterocycles. The predicted octanol–water partition coefficient (Wildman–Crippen LogP) is -0.678. The Hall–Kier alpha value is -2.65. The number of β-lactam (4-membered cyclic amide) rings is 1. The van der Waals surface area contributed by atoms with Gasteiger partial charge in [0.25, 0.3) is 5.91 Å². The Labute approximate surface area is 182 Å². The average molecular weight is 469 g/mol. The van der Waals surface area contributed by atoms with Gasteiger partial charge in [0.05, 0.1) is 12.1 Å². The molecule has 0 saturated carbocycles. The first-order valence-electron chi connectivity index (χ1n) is 8.59. The highest BCUT2D eigenvalue weighted by Gasteiger charge is 2.54. The summed E-state index contributed by atoms with van der Waals surface area (Å²) in [4.78, 5) is 42.1. The highest BCUT2D eigenvalue weighted by atomic mass is 32.2. The van der Waals surface area contributed by atoms with E-state index in [0.717, 1.165) is 0 Å². The van der Waals surface area contributed by atoms with E-state index in [4.69, 9.17) is 5.73 Å². The summed E-state index contributed by atoms with van der Waals surface area (Å²) in [5.74, 6) is -1.23. The number of nitrogens with one attached hydrogen (secondary N) is 1. The third-order valence-electron chi connectivity index (χ3n) is 4.43. The van der Waals surface area contributed by atoms with Gasteiger partial charge in [-0.05, 0) is 16.0 Å². The number of aliphatic carboxylic acids is 1. The van der Waals surface area contributed by atoms with Gasteiger partial charge in [0.15, 0.2) is 5.13 Å². The zero-order valence-electron chi connectivity index (χ0n) is 15.5. The minimum absolute atomic E-state index is 0.00409. The van der Waals surface area contributed by atoms with Crippen LogP contribution in [-0.4, -0.2) is 75.9 Å². The number of rotatable bonds is 7. The molecule has 2 aromatic heterocycles. The number of nitrogens with two attached hydrogens (primary N) is 1. The second kappa shape index (κ2) is 8.23. The van der Waals surface area contributed by atoms with Gasteiger partial charge in [-0.15, -0.1) is 28.2 Å². The van der Waals surface area contributed by atoms with E-state index in [9.17, 15) is 19.5 Å². The number of thiazole rings is 1. The first-order valence-corrected chi connectivity index (χ1v) is 11.5. The van der Waals surface area contributed by atoms with Crippen LogP contribution >= 0.6 is 34.9 Å². The van der Waals surface area contributed by atoms with Gasteiger partial charge in [-0.1, -0.05) is 11.8 Å². The molecule has 2 aliphatic rings. The van der Waals surface area contributed by atoms with Gasteiger partial charge in [0.1, 0.15) is 17.1 Å². The monoisotopic (exact) mass is 468 g/mol. The van der Waals surface area contributed by atoms with Crippen molar-refractivity contribution >= 4 is 57.8 Å². The standard InChI is InChI=1S/C15H16N8O4S3/c1-22-15(19-20-21-22)30-4-6-3-28-12-9(11(25)23(12)10(6)13(26)27)18-8(24)2-7-5-29-14(16)17-7/h5,9,12H,2-4H2,1H3,(H2,16,17)(H,18,24)(H,26,27)/t9?,12-/m1/s1. The summed E-state index contributed by atoms with van der Waals surface area (Å²) in [6.45, 7) is 0. The van der Waals surface area contributed by atoms with Crippen LogP contribution in [-0.2, 0) is 27.9 Å². The molecule has 0 spiro atoms. The van der Waals surface area contributed by atoms with E-state index >= 15 is 0 Å². The molecular formula is C15H16N8O4S3. The van der Waals surface area contributed by atoms with Crippen molar-refractivity contribution in [2.75, 3.05) is 17.2 Å². The number of hydrogen-bond donors (Lipinski definition) is 3. The van der Waals surface area contributed by atoms with E-state index in [1.807, 2.05) is 0 Å². The number of fused-ring (bicyclic) bond motifs is 1. The topological polar surface area (TPSA) is 169 Å². The number of hydrogen-bond acceptors (Lipinski definition) is 11. The quantitative estimate of drug-likeness (QED) is 0.348. The molecule has 1 saturated heterocycles. The van der Waals surface area contributed by atoms with Crippen molar-refractivity contribution in [1.82, 2.24) is 35.4 Å². The molecule has 2 aromatic rings. The van der Waals surface area contributed by atoms with E-state index in [1.165, 1.54) is 44.4 Å². The molecule has 0 aliphatic carbocycles. The van der Waals surface area contributed by atoms with E-state index in [2.05, 4.69) is 25.8 Å². The van der Waals surface area contributed by atoms with Gasteiger partial charge in [-0.25, -0.2) is 14.5 Å². The van der Waals surface area contributed by atoms with Crippen molar-refractivity contribution < 1.29 is 19.5 Å². The molecule has 12 nitrogen and oxygen atoms in total. The number of tetrazole rings is 1. The van der Waals surface area contributed by atoms with Crippen LogP contribution in [0.3, 0.4) is 0 Å². The van der Waals surface area contributed by atoms with E-state index in [1.54, 1.807) is 12.4 Å². The maximum absolute atomic E-state index is 12.7. The molecular weight excluding hydrogens is 452 g/mol. The molecule has 0 bridgehead atoms. The molecule has 1 unspecified atom stereocenters. The molecule has 2 atom stereocenters. The lowest BCUT2D eigenvalue weighted by molar-refractivity contribution is -0.150. The molecule has 4 N–H and O–H groups in total. The Morgan fingerprint density at radius 3 is 2.90 bits per heavy atom. The predicted molar refractivity (Wildman–Crippen MR) is 109 cm³/mol. The van der Waals surface area contributed by atoms with E-state index < -0.39 is 23.3 Å². The lowest BCUT2D eigenvalue weighted by atomic mass is 10.0. The van der Waals surface area contributed by atoms with E-state index in [-0.39, 0.29) is 18.0 Å². The number of nitrogen functional groups attached to an aromatic ring is 1. The number of carboxylic acid groups (broad SMARTS) is 1. The number of nitrogens with zero attached hydrogens (tertiary/aromatic N) is 6. The van der Waals surface area contributed by atoms with Crippen LogP contribution in [0.1, 0.15) is 5.69 Å². The smallest absolute Gasteiger partial charge is 0.352 e. The first-order chi connectivity index (χ1) is 14.3. The highest BCUT2D eigenvalue weighted by Crippen LogP contribution is 2.41. The first kappa shape index (κ1) is 20.6. The summed E-state index contributed by atoms with van der Waals surface area (Å²) in [6, 6.07) is -0.773. The van der Waals surface area contributed by atoms with Crippen LogP contribution in [0.4, 0.5) is 5.13 Å². The van der Waals surface area contributed by atoms with Crippen LogP contribution < -0.4 is 11.1 Å². The number of aryl methyl sites for hydroxylation is 1. The minimum atomic E-state index is -1.18. The SMILES string of the molecule is Cn1nnnc1SCC1=C(C(=O)O)N2C(=O)C(NC(=O)Cc3csc(N)n3)[C@H]2SC1. The van der Waals surface area contributed by atoms with Crippen LogP contribution in [0.2, 0.25) is 0 Å². The summed E-state index contributed by atoms with van der Waals surface area (Å²) in [7, 11) is 1.69. The normalized spacial score (nSPS) is 20.7. The number of carboxylic acids is 1. The fourth-order valence-corrected chi connectivity index (χ4v) is 5.98. The van der Waals surface area contributed by atoms with Crippen LogP contribution in [0.5, 0.6) is 0 Å². The van der Waals surface area contributed by atoms with Crippen molar-refractivity contribution in [3.63, 3.8) is 0 Å². The lowest BCUT2D eigenvalue weighted by Crippen LogP contribution is -2.70. The van der Waals surface area contributed by atoms with Crippen molar-refractivity contribution in [1.29, 1.82) is 0 Å². The van der Waals surface area contributed by atoms with Crippen LogP contribution in [0.15, 0.2) is 21.8 Å². The maximum Gasteiger partial charge on any atom is 0.352 e. The maximum atomic E-state index is 12.7. The second-order valence-corrected chi connectivity index (χ2v) is 9.38. The van der Waals surface area contributed by atoms with Gasteiger partial charge in [0.2, 0.25) is 11.1 Å². The number of anilines is 1. The summed E-state index contributed by atoms with van der Waals surface area (Å²) in [5.41, 5.74) is 6.65. The summed E-state index contributed by atoms with van der Waals surface area (Å²) < 4.78 is 1.49. The average Bonchev–Trinajstić information content (AvgIpc) is 3.31. The molecule has 0 aromatic carbocycles. The number of carbonyl (C=O) groups excluding carboxylic acids is 2. The summed E-state index contributed by atoms with van der Waals surface area (Å²) >= 11 is 3.94. The van der Waals surface area contributed by atoms with E-state index in [0.29, 0.717) is 33.1 Å². The molecule has 1 fully saturated rings. The van der Waals surface area contributed by atoms with Gasteiger partial charge < -0.3 is 16.2 Å². The third-order valence-corrected chi connectivity index (χ3v) is 7.59. The van der Waals surface area contributed by atoms with Gasteiger partial charge in [-0.2, -0.15) is 0 Å².